The van der Waals surface area contributed by atoms with Crippen LogP contribution in [-0.4, -0.2) is 52.7 Å². The molecule has 0 heterocycles. The van der Waals surface area contributed by atoms with E-state index in [2.05, 4.69) is 5.32 Å². The summed E-state index contributed by atoms with van der Waals surface area (Å²) in [7, 11) is 0.197. The van der Waals surface area contributed by atoms with E-state index in [0.717, 1.165) is 10.6 Å². The third-order valence-electron chi connectivity index (χ3n) is 3.93. The number of rotatable bonds is 8. The van der Waals surface area contributed by atoms with Crippen molar-refractivity contribution in [3.8, 4) is 0 Å². The van der Waals surface area contributed by atoms with E-state index in [9.17, 15) is 17.6 Å². The first-order valence-corrected chi connectivity index (χ1v) is 10.3. The molecule has 146 valence electrons. The van der Waals surface area contributed by atoms with Crippen LogP contribution >= 0.6 is 0 Å². The molecule has 8 heteroatoms. The normalized spacial score (nSPS) is 11.4. The van der Waals surface area contributed by atoms with E-state index in [4.69, 9.17) is 0 Å². The van der Waals surface area contributed by atoms with E-state index < -0.39 is 15.8 Å². The number of likely N-dealkylation sites (N-methyl/N-ethyl adjacent to an activating group) is 1. The van der Waals surface area contributed by atoms with Gasteiger partial charge < -0.3 is 10.2 Å². The third-order valence-corrected chi connectivity index (χ3v) is 5.07. The molecule has 0 aromatic heterocycles. The summed E-state index contributed by atoms with van der Waals surface area (Å²) in [5.74, 6) is -0.702. The number of hydrogen-bond donors (Lipinski definition) is 1. The van der Waals surface area contributed by atoms with E-state index in [1.807, 2.05) is 19.0 Å². The lowest BCUT2D eigenvalue weighted by atomic mass is 10.1. The van der Waals surface area contributed by atoms with Crippen LogP contribution in [0, 0.1) is 5.82 Å². The average molecular weight is 393 g/mol. The minimum atomic E-state index is -3.63. The summed E-state index contributed by atoms with van der Waals surface area (Å²) < 4.78 is 39.4. The largest absolute Gasteiger partial charge is 0.351 e. The second kappa shape index (κ2) is 8.96. The van der Waals surface area contributed by atoms with Crippen LogP contribution in [0.5, 0.6) is 0 Å². The molecule has 0 aliphatic heterocycles. The number of amides is 1. The van der Waals surface area contributed by atoms with Gasteiger partial charge in [-0.3, -0.25) is 9.10 Å². The number of hydrogen-bond acceptors (Lipinski definition) is 4. The lowest BCUT2D eigenvalue weighted by Gasteiger charge is -2.23. The van der Waals surface area contributed by atoms with Crippen LogP contribution in [0.1, 0.15) is 15.9 Å². The highest BCUT2D eigenvalue weighted by Gasteiger charge is 2.19. The van der Waals surface area contributed by atoms with Gasteiger partial charge >= 0.3 is 0 Å². The van der Waals surface area contributed by atoms with Gasteiger partial charge in [-0.1, -0.05) is 18.2 Å². The monoisotopic (exact) mass is 393 g/mol. The summed E-state index contributed by atoms with van der Waals surface area (Å²) in [6, 6.07) is 12.2. The SMILES string of the molecule is CN(C)CCNC(=O)c1ccc(N(Cc2ccccc2F)S(C)(=O)=O)cc1. The molecule has 2 rings (SSSR count). The van der Waals surface area contributed by atoms with Gasteiger partial charge in [0.25, 0.3) is 5.91 Å². The predicted octanol–water partition coefficient (Wildman–Crippen LogP) is 2.08. The molecule has 1 amide bonds. The van der Waals surface area contributed by atoms with Crippen molar-refractivity contribution >= 4 is 21.6 Å². The fraction of sp³-hybridized carbons (Fsp3) is 0.316. The Morgan fingerprint density at radius 1 is 1.07 bits per heavy atom. The number of nitrogens with one attached hydrogen (secondary N) is 1. The lowest BCUT2D eigenvalue weighted by molar-refractivity contribution is 0.0951. The standard InChI is InChI=1S/C19H24FN3O3S/c1-22(2)13-12-21-19(24)15-8-10-17(11-9-15)23(27(3,25)26)14-16-6-4-5-7-18(16)20/h4-11H,12-14H2,1-3H3,(H,21,24). The van der Waals surface area contributed by atoms with Gasteiger partial charge in [0.05, 0.1) is 18.5 Å². The van der Waals surface area contributed by atoms with Crippen molar-refractivity contribution in [2.75, 3.05) is 37.7 Å². The number of carbonyl (C=O) groups is 1. The quantitative estimate of drug-likeness (QED) is 0.746. The van der Waals surface area contributed by atoms with Crippen molar-refractivity contribution in [1.29, 1.82) is 0 Å². The van der Waals surface area contributed by atoms with Crippen molar-refractivity contribution in [3.05, 3.63) is 65.5 Å². The highest BCUT2D eigenvalue weighted by molar-refractivity contribution is 7.92. The summed E-state index contributed by atoms with van der Waals surface area (Å²) in [6.07, 6.45) is 1.07. The molecule has 2 aromatic rings. The highest BCUT2D eigenvalue weighted by Crippen LogP contribution is 2.22. The number of benzene rings is 2. The first-order chi connectivity index (χ1) is 12.7. The molecule has 0 saturated carbocycles. The molecule has 6 nitrogen and oxygen atoms in total. The summed E-state index contributed by atoms with van der Waals surface area (Å²) in [6.45, 7) is 1.10. The minimum Gasteiger partial charge on any atom is -0.351 e. The van der Waals surface area contributed by atoms with E-state index in [-0.39, 0.29) is 18.0 Å². The zero-order valence-corrected chi connectivity index (χ0v) is 16.5. The Bertz CT molecular complexity index is 883. The Morgan fingerprint density at radius 2 is 1.70 bits per heavy atom. The van der Waals surface area contributed by atoms with Crippen LogP contribution in [0.15, 0.2) is 48.5 Å². The van der Waals surface area contributed by atoms with Crippen molar-refractivity contribution in [3.63, 3.8) is 0 Å². The summed E-state index contributed by atoms with van der Waals surface area (Å²) >= 11 is 0. The smallest absolute Gasteiger partial charge is 0.251 e. The first kappa shape index (κ1) is 20.9. The number of sulfonamides is 1. The molecule has 0 fully saturated rings. The average Bonchev–Trinajstić information content (AvgIpc) is 2.60. The maximum atomic E-state index is 13.9. The van der Waals surface area contributed by atoms with Crippen molar-refractivity contribution < 1.29 is 17.6 Å². The van der Waals surface area contributed by atoms with Gasteiger partial charge in [-0.25, -0.2) is 12.8 Å². The van der Waals surface area contributed by atoms with Crippen LogP contribution in [0.25, 0.3) is 0 Å². The molecular formula is C19H24FN3O3S. The van der Waals surface area contributed by atoms with Crippen LogP contribution in [0.3, 0.4) is 0 Å². The second-order valence-corrected chi connectivity index (χ2v) is 8.37. The Labute approximate surface area is 159 Å². The Morgan fingerprint density at radius 3 is 2.26 bits per heavy atom. The molecule has 0 unspecified atom stereocenters. The molecule has 2 aromatic carbocycles. The van der Waals surface area contributed by atoms with Crippen LogP contribution < -0.4 is 9.62 Å². The van der Waals surface area contributed by atoms with Gasteiger partial charge in [-0.2, -0.15) is 0 Å². The van der Waals surface area contributed by atoms with Crippen LogP contribution in [0.2, 0.25) is 0 Å². The van der Waals surface area contributed by atoms with E-state index in [1.54, 1.807) is 42.5 Å². The van der Waals surface area contributed by atoms with E-state index in [0.29, 0.717) is 24.3 Å². The van der Waals surface area contributed by atoms with Gasteiger partial charge in [-0.15, -0.1) is 0 Å². The molecule has 0 radical (unpaired) electrons. The molecule has 0 spiro atoms. The molecule has 0 aliphatic carbocycles. The molecule has 27 heavy (non-hydrogen) atoms. The zero-order chi connectivity index (χ0) is 20.0. The summed E-state index contributed by atoms with van der Waals surface area (Å²) in [4.78, 5) is 14.1. The van der Waals surface area contributed by atoms with Crippen LogP contribution in [0.4, 0.5) is 10.1 Å². The first-order valence-electron chi connectivity index (χ1n) is 8.42. The molecule has 0 saturated heterocycles. The molecular weight excluding hydrogens is 369 g/mol. The van der Waals surface area contributed by atoms with E-state index in [1.165, 1.54) is 6.07 Å². The molecule has 0 aliphatic rings. The van der Waals surface area contributed by atoms with Gasteiger partial charge in [0.15, 0.2) is 0 Å². The van der Waals surface area contributed by atoms with Crippen molar-refractivity contribution in [1.82, 2.24) is 10.2 Å². The van der Waals surface area contributed by atoms with Crippen LogP contribution in [-0.2, 0) is 16.6 Å². The number of anilines is 1. The van der Waals surface area contributed by atoms with E-state index >= 15 is 0 Å². The number of carbonyl (C=O) groups excluding carboxylic acids is 1. The third kappa shape index (κ3) is 6.04. The molecule has 1 N–H and O–H groups in total. The zero-order valence-electron chi connectivity index (χ0n) is 15.6. The number of nitrogens with zero attached hydrogens (tertiary/aromatic N) is 2. The summed E-state index contributed by atoms with van der Waals surface area (Å²) in [5.41, 5.74) is 1.07. The Balaban J connectivity index is 2.18. The van der Waals surface area contributed by atoms with Crippen molar-refractivity contribution in [2.24, 2.45) is 0 Å². The van der Waals surface area contributed by atoms with Crippen molar-refractivity contribution in [2.45, 2.75) is 6.54 Å². The number of halogens is 1. The maximum absolute atomic E-state index is 13.9. The summed E-state index contributed by atoms with van der Waals surface area (Å²) in [5, 5.41) is 2.79. The molecule has 0 bridgehead atoms. The second-order valence-electron chi connectivity index (χ2n) is 6.47. The van der Waals surface area contributed by atoms with Gasteiger partial charge in [0.2, 0.25) is 10.0 Å². The predicted molar refractivity (Wildman–Crippen MR) is 105 cm³/mol. The fourth-order valence-electron chi connectivity index (χ4n) is 2.46. The minimum absolute atomic E-state index is 0.125. The topological polar surface area (TPSA) is 69.7 Å². The van der Waals surface area contributed by atoms with Gasteiger partial charge in [0.1, 0.15) is 5.82 Å². The van der Waals surface area contributed by atoms with Gasteiger partial charge in [-0.05, 0) is 44.4 Å². The highest BCUT2D eigenvalue weighted by atomic mass is 32.2. The maximum Gasteiger partial charge on any atom is 0.251 e. The lowest BCUT2D eigenvalue weighted by Crippen LogP contribution is -2.31. The Kier molecular flexibility index (Phi) is 6.92. The fourth-order valence-corrected chi connectivity index (χ4v) is 3.33. The molecule has 0 atom stereocenters. The Hall–Kier alpha value is -2.45. The van der Waals surface area contributed by atoms with Gasteiger partial charge in [0, 0.05) is 24.2 Å².